The Morgan fingerprint density at radius 3 is 2.67 bits per heavy atom. The fourth-order valence-corrected chi connectivity index (χ4v) is 1.06. The zero-order chi connectivity index (χ0) is 11.4. The summed E-state index contributed by atoms with van der Waals surface area (Å²) < 4.78 is 0. The number of carbonyl (C=O) groups excluding carboxylic acids is 1. The van der Waals surface area contributed by atoms with Crippen molar-refractivity contribution in [3.63, 3.8) is 0 Å². The van der Waals surface area contributed by atoms with Gasteiger partial charge in [0.05, 0.1) is 0 Å². The van der Waals surface area contributed by atoms with Crippen LogP contribution in [0.2, 0.25) is 0 Å². The van der Waals surface area contributed by atoms with E-state index in [9.17, 15) is 4.79 Å². The standard InChI is InChI=1S/C11H17N3O/c1-8(2)14(3)11(15)13-10-6-4-5-9(12)7-10/h4-8H,12H2,1-3H3,(H,13,15). The maximum Gasteiger partial charge on any atom is 0.321 e. The van der Waals surface area contributed by atoms with Gasteiger partial charge in [0.1, 0.15) is 0 Å². The molecule has 0 atom stereocenters. The zero-order valence-corrected chi connectivity index (χ0v) is 9.32. The number of amides is 2. The Labute approximate surface area is 90.1 Å². The van der Waals surface area contributed by atoms with Crippen LogP contribution in [0.4, 0.5) is 16.2 Å². The van der Waals surface area contributed by atoms with Gasteiger partial charge in [0.15, 0.2) is 0 Å². The number of nitrogens with two attached hydrogens (primary N) is 1. The lowest BCUT2D eigenvalue weighted by Gasteiger charge is -2.21. The molecule has 0 bridgehead atoms. The molecule has 1 aromatic rings. The molecule has 82 valence electrons. The quantitative estimate of drug-likeness (QED) is 0.730. The SMILES string of the molecule is CC(C)N(C)C(=O)Nc1cccc(N)c1. The van der Waals surface area contributed by atoms with Crippen molar-refractivity contribution in [1.29, 1.82) is 0 Å². The second kappa shape index (κ2) is 4.68. The van der Waals surface area contributed by atoms with Crippen molar-refractivity contribution in [3.8, 4) is 0 Å². The van der Waals surface area contributed by atoms with Crippen LogP contribution in [-0.4, -0.2) is 24.0 Å². The summed E-state index contributed by atoms with van der Waals surface area (Å²) in [5.74, 6) is 0. The Bertz CT molecular complexity index is 349. The number of hydrogen-bond acceptors (Lipinski definition) is 2. The largest absolute Gasteiger partial charge is 0.399 e. The number of nitrogens with zero attached hydrogens (tertiary/aromatic N) is 1. The minimum Gasteiger partial charge on any atom is -0.399 e. The average molecular weight is 207 g/mol. The van der Waals surface area contributed by atoms with Crippen LogP contribution in [0, 0.1) is 0 Å². The molecule has 1 aromatic carbocycles. The molecule has 4 nitrogen and oxygen atoms in total. The molecule has 4 heteroatoms. The Morgan fingerprint density at radius 2 is 2.13 bits per heavy atom. The summed E-state index contributed by atoms with van der Waals surface area (Å²) in [6.07, 6.45) is 0. The highest BCUT2D eigenvalue weighted by Crippen LogP contribution is 2.12. The van der Waals surface area contributed by atoms with Gasteiger partial charge in [0.25, 0.3) is 0 Å². The van der Waals surface area contributed by atoms with E-state index in [4.69, 9.17) is 5.73 Å². The van der Waals surface area contributed by atoms with Crippen molar-refractivity contribution in [2.75, 3.05) is 18.1 Å². The van der Waals surface area contributed by atoms with Crippen LogP contribution in [0.15, 0.2) is 24.3 Å². The normalized spacial score (nSPS) is 10.1. The number of nitrogen functional groups attached to an aromatic ring is 1. The molecule has 2 amide bonds. The first-order chi connectivity index (χ1) is 7.00. The number of nitrogens with one attached hydrogen (secondary N) is 1. The van der Waals surface area contributed by atoms with E-state index in [0.29, 0.717) is 11.4 Å². The first-order valence-electron chi connectivity index (χ1n) is 4.90. The maximum absolute atomic E-state index is 11.6. The van der Waals surface area contributed by atoms with E-state index in [1.54, 1.807) is 30.1 Å². The Hall–Kier alpha value is -1.71. The number of carbonyl (C=O) groups is 1. The molecular formula is C11H17N3O. The van der Waals surface area contributed by atoms with Crippen molar-refractivity contribution in [2.24, 2.45) is 0 Å². The first-order valence-corrected chi connectivity index (χ1v) is 4.90. The maximum atomic E-state index is 11.6. The van der Waals surface area contributed by atoms with Crippen molar-refractivity contribution in [3.05, 3.63) is 24.3 Å². The van der Waals surface area contributed by atoms with Crippen LogP contribution in [0.1, 0.15) is 13.8 Å². The molecule has 0 aliphatic carbocycles. The average Bonchev–Trinajstić information content (AvgIpc) is 2.16. The minimum absolute atomic E-state index is 0.129. The van der Waals surface area contributed by atoms with E-state index >= 15 is 0 Å². The molecule has 3 N–H and O–H groups in total. The van der Waals surface area contributed by atoms with Crippen molar-refractivity contribution < 1.29 is 4.79 Å². The van der Waals surface area contributed by atoms with Crippen LogP contribution < -0.4 is 11.1 Å². The van der Waals surface area contributed by atoms with Gasteiger partial charge < -0.3 is 16.0 Å². The van der Waals surface area contributed by atoms with Gasteiger partial charge in [0.2, 0.25) is 0 Å². The topological polar surface area (TPSA) is 58.4 Å². The lowest BCUT2D eigenvalue weighted by atomic mass is 10.3. The van der Waals surface area contributed by atoms with Crippen molar-refractivity contribution >= 4 is 17.4 Å². The molecule has 0 radical (unpaired) electrons. The first kappa shape index (κ1) is 11.4. The van der Waals surface area contributed by atoms with E-state index < -0.39 is 0 Å². The second-order valence-electron chi connectivity index (χ2n) is 3.76. The molecule has 1 rings (SSSR count). The fraction of sp³-hybridized carbons (Fsp3) is 0.364. The summed E-state index contributed by atoms with van der Waals surface area (Å²) in [4.78, 5) is 13.3. The zero-order valence-electron chi connectivity index (χ0n) is 9.32. The predicted octanol–water partition coefficient (Wildman–Crippen LogP) is 2.14. The number of benzene rings is 1. The van der Waals surface area contributed by atoms with Gasteiger partial charge in [-0.25, -0.2) is 4.79 Å². The Balaban J connectivity index is 2.66. The van der Waals surface area contributed by atoms with Crippen LogP contribution >= 0.6 is 0 Å². The molecule has 0 aliphatic rings. The second-order valence-corrected chi connectivity index (χ2v) is 3.76. The van der Waals surface area contributed by atoms with E-state index in [2.05, 4.69) is 5.32 Å². The molecular weight excluding hydrogens is 190 g/mol. The predicted molar refractivity (Wildman–Crippen MR) is 62.8 cm³/mol. The van der Waals surface area contributed by atoms with E-state index in [1.807, 2.05) is 19.9 Å². The van der Waals surface area contributed by atoms with Crippen molar-refractivity contribution in [2.45, 2.75) is 19.9 Å². The molecule has 0 aromatic heterocycles. The Kier molecular flexibility index (Phi) is 3.55. The number of anilines is 2. The highest BCUT2D eigenvalue weighted by Gasteiger charge is 2.11. The minimum atomic E-state index is -0.129. The third kappa shape index (κ3) is 3.16. The summed E-state index contributed by atoms with van der Waals surface area (Å²) >= 11 is 0. The van der Waals surface area contributed by atoms with Gasteiger partial charge in [-0.15, -0.1) is 0 Å². The monoisotopic (exact) mass is 207 g/mol. The number of hydrogen-bond donors (Lipinski definition) is 2. The summed E-state index contributed by atoms with van der Waals surface area (Å²) in [5.41, 5.74) is 6.96. The van der Waals surface area contributed by atoms with Gasteiger partial charge in [-0.3, -0.25) is 0 Å². The summed E-state index contributed by atoms with van der Waals surface area (Å²) in [6, 6.07) is 7.16. The fourth-order valence-electron chi connectivity index (χ4n) is 1.06. The van der Waals surface area contributed by atoms with Gasteiger partial charge >= 0.3 is 6.03 Å². The van der Waals surface area contributed by atoms with E-state index in [-0.39, 0.29) is 12.1 Å². The van der Waals surface area contributed by atoms with Gasteiger partial charge in [0, 0.05) is 24.5 Å². The third-order valence-corrected chi connectivity index (χ3v) is 2.23. The van der Waals surface area contributed by atoms with Crippen LogP contribution in [0.3, 0.4) is 0 Å². The molecule has 0 saturated carbocycles. The molecule has 0 unspecified atom stereocenters. The number of urea groups is 1. The molecule has 0 saturated heterocycles. The van der Waals surface area contributed by atoms with Gasteiger partial charge in [-0.05, 0) is 32.0 Å². The lowest BCUT2D eigenvalue weighted by molar-refractivity contribution is 0.211. The molecule has 0 aliphatic heterocycles. The lowest BCUT2D eigenvalue weighted by Crippen LogP contribution is -2.36. The number of rotatable bonds is 2. The van der Waals surface area contributed by atoms with Gasteiger partial charge in [-0.2, -0.15) is 0 Å². The summed E-state index contributed by atoms with van der Waals surface area (Å²) in [7, 11) is 1.76. The highest BCUT2D eigenvalue weighted by atomic mass is 16.2. The third-order valence-electron chi connectivity index (χ3n) is 2.23. The Morgan fingerprint density at radius 1 is 1.47 bits per heavy atom. The van der Waals surface area contributed by atoms with Gasteiger partial charge in [-0.1, -0.05) is 6.07 Å². The van der Waals surface area contributed by atoms with Crippen LogP contribution in [0.25, 0.3) is 0 Å². The van der Waals surface area contributed by atoms with E-state index in [1.165, 1.54) is 0 Å². The van der Waals surface area contributed by atoms with Crippen LogP contribution in [0.5, 0.6) is 0 Å². The van der Waals surface area contributed by atoms with Crippen LogP contribution in [-0.2, 0) is 0 Å². The summed E-state index contributed by atoms with van der Waals surface area (Å²) in [6.45, 7) is 3.91. The molecule has 0 spiro atoms. The highest BCUT2D eigenvalue weighted by molar-refractivity contribution is 5.89. The van der Waals surface area contributed by atoms with E-state index in [0.717, 1.165) is 0 Å². The molecule has 0 heterocycles. The van der Waals surface area contributed by atoms with Crippen molar-refractivity contribution in [1.82, 2.24) is 4.90 Å². The summed E-state index contributed by atoms with van der Waals surface area (Å²) in [5, 5.41) is 2.77. The molecule has 15 heavy (non-hydrogen) atoms. The smallest absolute Gasteiger partial charge is 0.321 e. The molecule has 0 fully saturated rings.